The second-order valence-electron chi connectivity index (χ2n) is 8.49. The van der Waals surface area contributed by atoms with Gasteiger partial charge in [-0.05, 0) is 49.6 Å². The smallest absolute Gasteiger partial charge is 0.244 e. The summed E-state index contributed by atoms with van der Waals surface area (Å²) in [6.07, 6.45) is 3.02. The molecule has 7 nitrogen and oxygen atoms in total. The number of benzene rings is 2. The summed E-state index contributed by atoms with van der Waals surface area (Å²) in [7, 11) is -3.87. The van der Waals surface area contributed by atoms with Crippen molar-refractivity contribution in [1.29, 1.82) is 0 Å². The van der Waals surface area contributed by atoms with Crippen molar-refractivity contribution < 1.29 is 18.0 Å². The maximum atomic E-state index is 13.8. The van der Waals surface area contributed by atoms with E-state index in [1.54, 1.807) is 44.2 Å². The highest BCUT2D eigenvalue weighted by molar-refractivity contribution is 7.92. The Morgan fingerprint density at radius 1 is 1.06 bits per heavy atom. The number of rotatable bonds is 12. The predicted octanol–water partition coefficient (Wildman–Crippen LogP) is 5.44. The monoisotopic (exact) mass is 575 g/mol. The van der Waals surface area contributed by atoms with Crippen LogP contribution < -0.4 is 9.62 Å². The quantitative estimate of drug-likeness (QED) is 0.341. The van der Waals surface area contributed by atoms with Crippen LogP contribution in [0.3, 0.4) is 0 Å². The number of nitrogens with zero attached hydrogens (tertiary/aromatic N) is 2. The minimum atomic E-state index is -3.87. The zero-order chi connectivity index (χ0) is 27.0. The van der Waals surface area contributed by atoms with Crippen LogP contribution in [-0.2, 0) is 26.2 Å². The van der Waals surface area contributed by atoms with Gasteiger partial charge in [-0.3, -0.25) is 13.9 Å². The van der Waals surface area contributed by atoms with Gasteiger partial charge in [0.15, 0.2) is 0 Å². The topological polar surface area (TPSA) is 86.8 Å². The molecule has 2 aromatic rings. The van der Waals surface area contributed by atoms with Gasteiger partial charge in [-0.1, -0.05) is 67.2 Å². The summed E-state index contributed by atoms with van der Waals surface area (Å²) in [6, 6.07) is 8.93. The molecule has 2 aromatic carbocycles. The fraction of sp³-hybridized carbons (Fsp3) is 0.440. The maximum Gasteiger partial charge on any atom is 0.244 e. The van der Waals surface area contributed by atoms with E-state index in [0.717, 1.165) is 23.4 Å². The molecular formula is C25H32Cl3N3O4S. The van der Waals surface area contributed by atoms with Crippen LogP contribution in [-0.4, -0.2) is 50.5 Å². The molecule has 2 rings (SSSR count). The van der Waals surface area contributed by atoms with Gasteiger partial charge in [-0.2, -0.15) is 0 Å². The molecule has 0 saturated carbocycles. The number of unbranched alkanes of at least 4 members (excludes halogenated alkanes) is 1. The van der Waals surface area contributed by atoms with E-state index < -0.39 is 28.5 Å². The average Bonchev–Trinajstić information content (AvgIpc) is 2.80. The summed E-state index contributed by atoms with van der Waals surface area (Å²) in [5, 5.41) is 3.88. The summed E-state index contributed by atoms with van der Waals surface area (Å²) in [4.78, 5) is 28.2. The molecule has 0 heterocycles. The van der Waals surface area contributed by atoms with Crippen LogP contribution >= 0.6 is 34.8 Å². The number of carbonyl (C=O) groups is 2. The molecule has 0 aromatic heterocycles. The number of hydrogen-bond donors (Lipinski definition) is 1. The van der Waals surface area contributed by atoms with E-state index in [-0.39, 0.29) is 18.1 Å². The van der Waals surface area contributed by atoms with E-state index in [0.29, 0.717) is 39.2 Å². The number of nitrogens with one attached hydrogen (secondary N) is 1. The average molecular weight is 577 g/mol. The summed E-state index contributed by atoms with van der Waals surface area (Å²) in [6.45, 7) is 5.40. The number of hydrogen-bond acceptors (Lipinski definition) is 4. The third-order valence-corrected chi connectivity index (χ3v) is 7.79. The van der Waals surface area contributed by atoms with Gasteiger partial charge >= 0.3 is 0 Å². The zero-order valence-corrected chi connectivity index (χ0v) is 23.9. The largest absolute Gasteiger partial charge is 0.354 e. The summed E-state index contributed by atoms with van der Waals surface area (Å²) < 4.78 is 26.5. The number of sulfonamides is 1. The van der Waals surface area contributed by atoms with Crippen molar-refractivity contribution in [2.24, 2.45) is 0 Å². The summed E-state index contributed by atoms with van der Waals surface area (Å²) in [5.41, 5.74) is 1.39. The van der Waals surface area contributed by atoms with E-state index in [2.05, 4.69) is 5.32 Å². The van der Waals surface area contributed by atoms with E-state index in [9.17, 15) is 18.0 Å². The van der Waals surface area contributed by atoms with Gasteiger partial charge in [0.05, 0.1) is 11.9 Å². The maximum absolute atomic E-state index is 13.8. The Bertz CT molecular complexity index is 1170. The fourth-order valence-electron chi connectivity index (χ4n) is 3.73. The lowest BCUT2D eigenvalue weighted by Gasteiger charge is -2.33. The van der Waals surface area contributed by atoms with E-state index in [1.165, 1.54) is 11.0 Å². The second-order valence-corrected chi connectivity index (χ2v) is 11.6. The van der Waals surface area contributed by atoms with E-state index in [4.69, 9.17) is 34.8 Å². The molecule has 0 aliphatic rings. The first-order valence-corrected chi connectivity index (χ1v) is 14.6. The fourth-order valence-corrected chi connectivity index (χ4v) is 5.31. The molecule has 0 fully saturated rings. The predicted molar refractivity (Wildman–Crippen MR) is 147 cm³/mol. The third-order valence-electron chi connectivity index (χ3n) is 5.72. The minimum Gasteiger partial charge on any atom is -0.354 e. The molecule has 0 bridgehead atoms. The minimum absolute atomic E-state index is 0.0663. The van der Waals surface area contributed by atoms with Crippen LogP contribution in [0.5, 0.6) is 0 Å². The molecule has 2 amide bonds. The van der Waals surface area contributed by atoms with Crippen molar-refractivity contribution >= 4 is 62.3 Å². The summed E-state index contributed by atoms with van der Waals surface area (Å²) in [5.74, 6) is -0.902. The molecule has 198 valence electrons. The lowest BCUT2D eigenvalue weighted by molar-refractivity contribution is -0.140. The first kappa shape index (κ1) is 30.2. The Balaban J connectivity index is 2.51. The number of carbonyl (C=O) groups excluding carboxylic acids is 2. The van der Waals surface area contributed by atoms with Gasteiger partial charge in [-0.25, -0.2) is 8.42 Å². The Labute approximate surface area is 228 Å². The molecular weight excluding hydrogens is 545 g/mol. The normalized spacial score (nSPS) is 12.2. The van der Waals surface area contributed by atoms with Gasteiger partial charge < -0.3 is 10.2 Å². The molecule has 1 atom stereocenters. The van der Waals surface area contributed by atoms with Crippen LogP contribution in [0.2, 0.25) is 15.1 Å². The van der Waals surface area contributed by atoms with Crippen molar-refractivity contribution in [2.75, 3.05) is 23.7 Å². The Hall–Kier alpha value is -2.00. The molecule has 0 aliphatic carbocycles. The first-order valence-electron chi connectivity index (χ1n) is 11.6. The van der Waals surface area contributed by atoms with Crippen LogP contribution in [0.1, 0.15) is 44.2 Å². The molecule has 36 heavy (non-hydrogen) atoms. The van der Waals surface area contributed by atoms with Gasteiger partial charge in [0, 0.05) is 33.7 Å². The molecule has 1 N–H and O–H groups in total. The molecule has 11 heteroatoms. The second kappa shape index (κ2) is 13.5. The van der Waals surface area contributed by atoms with Crippen molar-refractivity contribution in [2.45, 2.75) is 52.6 Å². The Morgan fingerprint density at radius 2 is 1.69 bits per heavy atom. The van der Waals surface area contributed by atoms with Gasteiger partial charge in [0.25, 0.3) is 0 Å². The Morgan fingerprint density at radius 3 is 2.25 bits per heavy atom. The van der Waals surface area contributed by atoms with Crippen LogP contribution in [0.25, 0.3) is 0 Å². The highest BCUT2D eigenvalue weighted by Crippen LogP contribution is 2.29. The van der Waals surface area contributed by atoms with Crippen LogP contribution in [0, 0.1) is 6.92 Å². The number of amides is 2. The van der Waals surface area contributed by atoms with E-state index >= 15 is 0 Å². The standard InChI is InChI=1S/C25H32Cl3N3O4S/c1-5-7-13-29-25(33)22(6-2)30(15-19-20(27)9-8-10-21(19)28)24(32)16-31(36(4,34)35)23-14-18(26)12-11-17(23)3/h8-12,14,22H,5-7,13,15-16H2,1-4H3,(H,29,33)/t22-/m1/s1. The third kappa shape index (κ3) is 8.00. The molecule has 0 saturated heterocycles. The first-order chi connectivity index (χ1) is 16.9. The van der Waals surface area contributed by atoms with Gasteiger partial charge in [-0.15, -0.1) is 0 Å². The SMILES string of the molecule is CCCCNC(=O)[C@@H](CC)N(Cc1c(Cl)cccc1Cl)C(=O)CN(c1cc(Cl)ccc1C)S(C)(=O)=O. The summed E-state index contributed by atoms with van der Waals surface area (Å²) >= 11 is 18.9. The number of halogens is 3. The molecule has 0 unspecified atom stereocenters. The molecule has 0 spiro atoms. The lowest BCUT2D eigenvalue weighted by atomic mass is 10.1. The lowest BCUT2D eigenvalue weighted by Crippen LogP contribution is -2.52. The van der Waals surface area contributed by atoms with Crippen LogP contribution in [0.4, 0.5) is 5.69 Å². The number of anilines is 1. The zero-order valence-electron chi connectivity index (χ0n) is 20.9. The van der Waals surface area contributed by atoms with Crippen molar-refractivity contribution in [1.82, 2.24) is 10.2 Å². The highest BCUT2D eigenvalue weighted by atomic mass is 35.5. The number of aryl methyl sites for hydroxylation is 1. The van der Waals surface area contributed by atoms with E-state index in [1.807, 2.05) is 6.92 Å². The molecule has 0 aliphatic heterocycles. The van der Waals surface area contributed by atoms with Gasteiger partial charge in [0.1, 0.15) is 12.6 Å². The van der Waals surface area contributed by atoms with Crippen molar-refractivity contribution in [3.8, 4) is 0 Å². The van der Waals surface area contributed by atoms with Gasteiger partial charge in [0.2, 0.25) is 21.8 Å². The molecule has 0 radical (unpaired) electrons. The van der Waals surface area contributed by atoms with Crippen LogP contribution in [0.15, 0.2) is 36.4 Å². The van der Waals surface area contributed by atoms with Crippen molar-refractivity contribution in [3.63, 3.8) is 0 Å². The Kier molecular flexibility index (Phi) is 11.3. The highest BCUT2D eigenvalue weighted by Gasteiger charge is 2.32. The van der Waals surface area contributed by atoms with Crippen molar-refractivity contribution in [3.05, 3.63) is 62.6 Å².